The van der Waals surface area contributed by atoms with Crippen LogP contribution in [0.5, 0.6) is 0 Å². The molecule has 7 atom stereocenters. The fourth-order valence-corrected chi connectivity index (χ4v) is 7.51. The van der Waals surface area contributed by atoms with Crippen molar-refractivity contribution < 1.29 is 29.0 Å². The van der Waals surface area contributed by atoms with Gasteiger partial charge in [0.1, 0.15) is 11.6 Å². The van der Waals surface area contributed by atoms with Crippen LogP contribution < -0.4 is 4.90 Å². The first-order chi connectivity index (χ1) is 18.8. The number of aliphatic hydroxyl groups excluding tert-OH is 1. The number of nitrogens with zero attached hydrogens (tertiary/aromatic N) is 2. The van der Waals surface area contributed by atoms with Gasteiger partial charge in [-0.2, -0.15) is 0 Å². The third kappa shape index (κ3) is 4.49. The summed E-state index contributed by atoms with van der Waals surface area (Å²) in [6.07, 6.45) is 1.32. The Morgan fingerprint density at radius 1 is 1.28 bits per heavy atom. The molecule has 1 N–H and O–H groups in total. The first-order valence-electron chi connectivity index (χ1n) is 12.9. The summed E-state index contributed by atoms with van der Waals surface area (Å²) in [7, 11) is 0. The van der Waals surface area contributed by atoms with Gasteiger partial charge in [0.2, 0.25) is 5.91 Å². The maximum atomic E-state index is 14.6. The van der Waals surface area contributed by atoms with E-state index in [1.165, 1.54) is 9.80 Å². The molecule has 3 heterocycles. The lowest BCUT2D eigenvalue weighted by molar-refractivity contribution is -0.155. The number of hydrogen-bond donors (Lipinski definition) is 1. The van der Waals surface area contributed by atoms with E-state index in [-0.39, 0.29) is 18.0 Å². The van der Waals surface area contributed by atoms with Gasteiger partial charge in [-0.25, -0.2) is 0 Å². The van der Waals surface area contributed by atoms with E-state index in [9.17, 15) is 19.5 Å². The molecule has 8 nitrogen and oxygen atoms in total. The minimum Gasteiger partial charge on any atom is -0.466 e. The zero-order valence-corrected chi connectivity index (χ0v) is 23.8. The molecule has 0 radical (unpaired) electrons. The molecule has 3 aliphatic rings. The van der Waals surface area contributed by atoms with E-state index in [0.717, 1.165) is 0 Å². The molecule has 3 aliphatic heterocycles. The number of likely N-dealkylation sites (tertiary alicyclic amines) is 1. The predicted octanol–water partition coefficient (Wildman–Crippen LogP) is 3.90. The highest BCUT2D eigenvalue weighted by molar-refractivity contribution is 9.09. The summed E-state index contributed by atoms with van der Waals surface area (Å²) in [5, 5.41) is 11.1. The van der Waals surface area contributed by atoms with Crippen LogP contribution in [-0.4, -0.2) is 70.1 Å². The van der Waals surface area contributed by atoms with Crippen LogP contribution in [0.25, 0.3) is 0 Å². The van der Waals surface area contributed by atoms with E-state index >= 15 is 0 Å². The smallest absolute Gasteiger partial charge is 0.312 e. The van der Waals surface area contributed by atoms with Crippen LogP contribution in [0.1, 0.15) is 24.9 Å². The van der Waals surface area contributed by atoms with Gasteiger partial charge in [0, 0.05) is 22.1 Å². The van der Waals surface area contributed by atoms with Crippen molar-refractivity contribution in [2.24, 2.45) is 11.8 Å². The molecule has 3 fully saturated rings. The summed E-state index contributed by atoms with van der Waals surface area (Å²) in [4.78, 5) is 44.9. The Morgan fingerprint density at radius 2 is 1.97 bits per heavy atom. The molecule has 1 spiro atoms. The normalized spacial score (nSPS) is 29.7. The molecule has 2 aromatic rings. The molecule has 0 saturated carbocycles. The van der Waals surface area contributed by atoms with Gasteiger partial charge in [0.25, 0.3) is 5.91 Å². The number of ether oxygens (including phenoxy) is 2. The quantitative estimate of drug-likeness (QED) is 0.261. The number of aliphatic hydroxyl groups is 1. The van der Waals surface area contributed by atoms with Crippen LogP contribution >= 0.6 is 27.5 Å². The van der Waals surface area contributed by atoms with Gasteiger partial charge < -0.3 is 24.4 Å². The maximum Gasteiger partial charge on any atom is 0.312 e. The monoisotopic (exact) mass is 616 g/mol. The Balaban J connectivity index is 1.66. The van der Waals surface area contributed by atoms with E-state index < -0.39 is 60.0 Å². The van der Waals surface area contributed by atoms with Gasteiger partial charge in [0.15, 0.2) is 0 Å². The summed E-state index contributed by atoms with van der Waals surface area (Å²) in [6, 6.07) is 13.9. The summed E-state index contributed by atoms with van der Waals surface area (Å²) in [6.45, 7) is 5.43. The van der Waals surface area contributed by atoms with Gasteiger partial charge >= 0.3 is 5.97 Å². The second-order valence-corrected chi connectivity index (χ2v) is 11.6. The summed E-state index contributed by atoms with van der Waals surface area (Å²) < 4.78 is 11.9. The van der Waals surface area contributed by atoms with Gasteiger partial charge in [-0.15, -0.1) is 6.58 Å². The molecule has 3 saturated heterocycles. The van der Waals surface area contributed by atoms with Crippen molar-refractivity contribution >= 4 is 51.0 Å². The Morgan fingerprint density at radius 3 is 2.59 bits per heavy atom. The Kier molecular flexibility index (Phi) is 7.88. The highest BCUT2D eigenvalue weighted by atomic mass is 79.9. The number of carbonyl (C=O) groups is 3. The maximum absolute atomic E-state index is 14.6. The largest absolute Gasteiger partial charge is 0.466 e. The van der Waals surface area contributed by atoms with Crippen LogP contribution in [0.3, 0.4) is 0 Å². The first kappa shape index (κ1) is 27.8. The number of carbonyl (C=O) groups excluding carboxylic acids is 3. The van der Waals surface area contributed by atoms with Gasteiger partial charge in [-0.3, -0.25) is 14.4 Å². The molecular weight excluding hydrogens is 588 g/mol. The van der Waals surface area contributed by atoms with Crippen molar-refractivity contribution in [2.75, 3.05) is 24.7 Å². The molecule has 206 valence electrons. The molecule has 2 amide bonds. The molecule has 5 rings (SSSR count). The second kappa shape index (κ2) is 11.0. The predicted molar refractivity (Wildman–Crippen MR) is 149 cm³/mol. The molecular formula is C29H30BrClN2O6. The Hall–Kier alpha value is -2.72. The summed E-state index contributed by atoms with van der Waals surface area (Å²) >= 11 is 9.76. The van der Waals surface area contributed by atoms with Crippen molar-refractivity contribution in [3.63, 3.8) is 0 Å². The lowest BCUT2D eigenvalue weighted by Crippen LogP contribution is -2.57. The van der Waals surface area contributed by atoms with Gasteiger partial charge in [-0.05, 0) is 43.2 Å². The third-order valence-electron chi connectivity index (χ3n) is 7.93. The SMILES string of the molecule is C=CCN(C(=O)[C@@H]1N([C@H](CO)c2ccccc2)C(=O)[C@H]2[C@H](C(=O)OCC)[C@H]3O[C@@]12CC3Br)c1ccc(Cl)cc1. The van der Waals surface area contributed by atoms with Crippen LogP contribution in [0, 0.1) is 11.8 Å². The molecule has 10 heteroatoms. The van der Waals surface area contributed by atoms with Crippen LogP contribution in [0.15, 0.2) is 67.3 Å². The van der Waals surface area contributed by atoms with E-state index in [2.05, 4.69) is 22.5 Å². The Bertz CT molecular complexity index is 1260. The summed E-state index contributed by atoms with van der Waals surface area (Å²) in [5.74, 6) is -3.15. The first-order valence-corrected chi connectivity index (χ1v) is 14.2. The standard InChI is InChI=1S/C29H30BrClN2O6/c1-3-14-32(19-12-10-18(31)11-13-19)27(36)25-29-15-20(30)24(39-29)22(28(37)38-4-2)23(29)26(35)33(25)21(16-34)17-8-6-5-7-9-17/h3,5-13,20-25,34H,1,4,14-16H2,2H3/t20?,21-,22+,23-,24+,25+,29-/m1/s1. The van der Waals surface area contributed by atoms with E-state index in [0.29, 0.717) is 22.7 Å². The van der Waals surface area contributed by atoms with Crippen LogP contribution in [0.4, 0.5) is 5.69 Å². The number of amides is 2. The number of esters is 1. The lowest BCUT2D eigenvalue weighted by Gasteiger charge is -2.39. The van der Waals surface area contributed by atoms with Gasteiger partial charge in [-0.1, -0.05) is 63.9 Å². The van der Waals surface area contributed by atoms with Crippen molar-refractivity contribution in [1.29, 1.82) is 0 Å². The fraction of sp³-hybridized carbons (Fsp3) is 0.414. The number of fused-ring (bicyclic) bond motifs is 1. The van der Waals surface area contributed by atoms with Crippen molar-refractivity contribution in [2.45, 2.75) is 42.0 Å². The highest BCUT2D eigenvalue weighted by Gasteiger charge is 2.77. The third-order valence-corrected chi connectivity index (χ3v) is 9.03. The minimum absolute atomic E-state index is 0.155. The number of anilines is 1. The molecule has 1 unspecified atom stereocenters. The van der Waals surface area contributed by atoms with Crippen molar-refractivity contribution in [3.8, 4) is 0 Å². The van der Waals surface area contributed by atoms with Crippen molar-refractivity contribution in [1.82, 2.24) is 4.90 Å². The number of rotatable bonds is 9. The average molecular weight is 618 g/mol. The fourth-order valence-electron chi connectivity index (χ4n) is 6.44. The molecule has 39 heavy (non-hydrogen) atoms. The number of benzene rings is 2. The zero-order chi connectivity index (χ0) is 27.9. The average Bonchev–Trinajstić information content (AvgIpc) is 3.52. The zero-order valence-electron chi connectivity index (χ0n) is 21.4. The molecule has 2 bridgehead atoms. The summed E-state index contributed by atoms with van der Waals surface area (Å²) in [5.41, 5.74) is -0.0537. The second-order valence-electron chi connectivity index (χ2n) is 9.98. The minimum atomic E-state index is -1.29. The van der Waals surface area contributed by atoms with Gasteiger partial charge in [0.05, 0.1) is 37.2 Å². The van der Waals surface area contributed by atoms with E-state index in [4.69, 9.17) is 21.1 Å². The van der Waals surface area contributed by atoms with E-state index in [1.807, 2.05) is 18.2 Å². The van der Waals surface area contributed by atoms with E-state index in [1.54, 1.807) is 49.4 Å². The van der Waals surface area contributed by atoms with Crippen LogP contribution in [0.2, 0.25) is 5.02 Å². The highest BCUT2D eigenvalue weighted by Crippen LogP contribution is 2.61. The number of halogens is 2. The topological polar surface area (TPSA) is 96.4 Å². The molecule has 0 aromatic heterocycles. The molecule has 0 aliphatic carbocycles. The van der Waals surface area contributed by atoms with Crippen molar-refractivity contribution in [3.05, 3.63) is 77.8 Å². The molecule has 2 aromatic carbocycles. The Labute approximate surface area is 240 Å². The van der Waals surface area contributed by atoms with Crippen LogP contribution in [-0.2, 0) is 23.9 Å². The number of alkyl halides is 1. The number of hydrogen-bond acceptors (Lipinski definition) is 6. The lowest BCUT2D eigenvalue weighted by atomic mass is 9.70.